The maximum atomic E-state index is 10.9. The molecule has 2 rings (SSSR count). The van der Waals surface area contributed by atoms with E-state index in [0.717, 1.165) is 5.56 Å². The Hall–Kier alpha value is -2.67. The molecule has 100 valence electrons. The summed E-state index contributed by atoms with van der Waals surface area (Å²) >= 11 is 0. The fraction of sp³-hybridized carbons (Fsp3) is 0.188. The summed E-state index contributed by atoms with van der Waals surface area (Å²) in [6, 6.07) is 16.8. The number of hydrogen-bond acceptors (Lipinski definition) is 3. The van der Waals surface area contributed by atoms with E-state index in [9.17, 15) is 10.1 Å². The monoisotopic (exact) mass is 266 g/mol. The van der Waals surface area contributed by atoms with Crippen LogP contribution in [0.1, 0.15) is 24.1 Å². The number of aliphatic carboxylic acids is 1. The molecule has 1 atom stereocenters. The topological polar surface area (TPSA) is 74.0 Å². The molecule has 1 N–H and O–H groups in total. The maximum Gasteiger partial charge on any atom is 0.303 e. The lowest BCUT2D eigenvalue weighted by Crippen LogP contribution is -2.28. The van der Waals surface area contributed by atoms with Gasteiger partial charge < -0.3 is 5.11 Å². The SMILES string of the molecule is N#CC(CCC(=O)O)(c1ccccc1)c1ccccn1. The van der Waals surface area contributed by atoms with E-state index < -0.39 is 11.4 Å². The lowest BCUT2D eigenvalue weighted by molar-refractivity contribution is -0.137. The first-order chi connectivity index (χ1) is 9.69. The Morgan fingerprint density at radius 1 is 1.20 bits per heavy atom. The lowest BCUT2D eigenvalue weighted by Gasteiger charge is -2.26. The molecule has 20 heavy (non-hydrogen) atoms. The summed E-state index contributed by atoms with van der Waals surface area (Å²) < 4.78 is 0. The molecular weight excluding hydrogens is 252 g/mol. The molecule has 4 heteroatoms. The Morgan fingerprint density at radius 3 is 2.45 bits per heavy atom. The number of rotatable bonds is 5. The summed E-state index contributed by atoms with van der Waals surface area (Å²) in [7, 11) is 0. The van der Waals surface area contributed by atoms with Gasteiger partial charge in [0, 0.05) is 12.6 Å². The molecule has 1 heterocycles. The highest BCUT2D eigenvalue weighted by atomic mass is 16.4. The highest BCUT2D eigenvalue weighted by Gasteiger charge is 2.36. The van der Waals surface area contributed by atoms with E-state index in [1.54, 1.807) is 24.4 Å². The molecule has 1 aromatic heterocycles. The van der Waals surface area contributed by atoms with Gasteiger partial charge in [-0.15, -0.1) is 0 Å². The van der Waals surface area contributed by atoms with E-state index in [-0.39, 0.29) is 12.8 Å². The van der Waals surface area contributed by atoms with Gasteiger partial charge in [-0.25, -0.2) is 0 Å². The smallest absolute Gasteiger partial charge is 0.303 e. The minimum absolute atomic E-state index is 0.0843. The van der Waals surface area contributed by atoms with Crippen molar-refractivity contribution >= 4 is 5.97 Å². The zero-order valence-corrected chi connectivity index (χ0v) is 10.9. The van der Waals surface area contributed by atoms with Crippen LogP contribution in [0.2, 0.25) is 0 Å². The highest BCUT2D eigenvalue weighted by Crippen LogP contribution is 2.34. The van der Waals surface area contributed by atoms with Crippen LogP contribution in [0.15, 0.2) is 54.7 Å². The zero-order valence-electron chi connectivity index (χ0n) is 10.9. The molecule has 1 unspecified atom stereocenters. The minimum Gasteiger partial charge on any atom is -0.481 e. The number of benzene rings is 1. The van der Waals surface area contributed by atoms with Crippen molar-refractivity contribution in [1.82, 2.24) is 4.98 Å². The van der Waals surface area contributed by atoms with E-state index in [1.165, 1.54) is 0 Å². The van der Waals surface area contributed by atoms with Crippen molar-refractivity contribution < 1.29 is 9.90 Å². The predicted molar refractivity (Wildman–Crippen MR) is 73.9 cm³/mol. The first-order valence-corrected chi connectivity index (χ1v) is 6.29. The average Bonchev–Trinajstić information content (AvgIpc) is 2.50. The van der Waals surface area contributed by atoms with Crippen molar-refractivity contribution in [2.75, 3.05) is 0 Å². The van der Waals surface area contributed by atoms with E-state index >= 15 is 0 Å². The highest BCUT2D eigenvalue weighted by molar-refractivity contribution is 5.67. The Labute approximate surface area is 117 Å². The largest absolute Gasteiger partial charge is 0.481 e. The molecule has 0 fully saturated rings. The van der Waals surface area contributed by atoms with E-state index in [1.807, 2.05) is 30.3 Å². The minimum atomic E-state index is -1.03. The summed E-state index contributed by atoms with van der Waals surface area (Å²) in [5, 5.41) is 18.6. The van der Waals surface area contributed by atoms with Crippen LogP contribution in [-0.4, -0.2) is 16.1 Å². The molecule has 0 radical (unpaired) electrons. The number of hydrogen-bond donors (Lipinski definition) is 1. The Balaban J connectivity index is 2.53. The molecule has 0 bridgehead atoms. The summed E-state index contributed by atoms with van der Waals surface area (Å²) in [6.07, 6.45) is 1.73. The third kappa shape index (κ3) is 2.67. The molecular formula is C16H14N2O2. The average molecular weight is 266 g/mol. The second-order valence-corrected chi connectivity index (χ2v) is 4.49. The second-order valence-electron chi connectivity index (χ2n) is 4.49. The third-order valence-corrected chi connectivity index (χ3v) is 3.27. The number of nitriles is 1. The van der Waals surface area contributed by atoms with Crippen LogP contribution in [0.25, 0.3) is 0 Å². The van der Waals surface area contributed by atoms with Crippen molar-refractivity contribution in [2.45, 2.75) is 18.3 Å². The van der Waals surface area contributed by atoms with Crippen molar-refractivity contribution in [3.63, 3.8) is 0 Å². The van der Waals surface area contributed by atoms with Crippen molar-refractivity contribution in [3.05, 3.63) is 66.0 Å². The number of pyridine rings is 1. The first-order valence-electron chi connectivity index (χ1n) is 6.29. The normalized spacial score (nSPS) is 13.2. The molecule has 0 amide bonds. The molecule has 0 saturated carbocycles. The van der Waals surface area contributed by atoms with Gasteiger partial charge in [0.15, 0.2) is 0 Å². The van der Waals surface area contributed by atoms with Gasteiger partial charge in [0.2, 0.25) is 0 Å². The van der Waals surface area contributed by atoms with E-state index in [4.69, 9.17) is 5.11 Å². The molecule has 0 aliphatic rings. The Morgan fingerprint density at radius 2 is 1.90 bits per heavy atom. The Kier molecular flexibility index (Phi) is 4.11. The molecule has 0 saturated heterocycles. The van der Waals surface area contributed by atoms with Crippen LogP contribution < -0.4 is 0 Å². The van der Waals surface area contributed by atoms with Crippen molar-refractivity contribution in [1.29, 1.82) is 5.26 Å². The summed E-state index contributed by atoms with van der Waals surface area (Å²) in [4.78, 5) is 15.2. The number of aromatic nitrogens is 1. The molecule has 0 spiro atoms. The quantitative estimate of drug-likeness (QED) is 0.903. The molecule has 0 aliphatic carbocycles. The first kappa shape index (κ1) is 13.8. The molecule has 4 nitrogen and oxygen atoms in total. The van der Waals surface area contributed by atoms with Gasteiger partial charge in [0.05, 0.1) is 11.8 Å². The van der Waals surface area contributed by atoms with E-state index in [2.05, 4.69) is 11.1 Å². The van der Waals surface area contributed by atoms with Crippen LogP contribution in [-0.2, 0) is 10.2 Å². The molecule has 0 aliphatic heterocycles. The van der Waals surface area contributed by atoms with Gasteiger partial charge in [0.25, 0.3) is 0 Å². The molecule has 2 aromatic rings. The number of nitrogens with zero attached hydrogens (tertiary/aromatic N) is 2. The number of carbonyl (C=O) groups is 1. The fourth-order valence-corrected chi connectivity index (χ4v) is 2.23. The fourth-order valence-electron chi connectivity index (χ4n) is 2.23. The summed E-state index contributed by atoms with van der Waals surface area (Å²) in [5.41, 5.74) is 0.318. The van der Waals surface area contributed by atoms with Gasteiger partial charge in [-0.3, -0.25) is 9.78 Å². The predicted octanol–water partition coefficient (Wildman–Crippen LogP) is 2.76. The van der Waals surface area contributed by atoms with Crippen LogP contribution in [0.4, 0.5) is 0 Å². The summed E-state index contributed by atoms with van der Waals surface area (Å²) in [6.45, 7) is 0. The van der Waals surface area contributed by atoms with Crippen LogP contribution in [0, 0.1) is 11.3 Å². The second kappa shape index (κ2) is 5.98. The van der Waals surface area contributed by atoms with Crippen molar-refractivity contribution in [2.24, 2.45) is 0 Å². The van der Waals surface area contributed by atoms with Gasteiger partial charge in [-0.1, -0.05) is 36.4 Å². The number of carboxylic acid groups (broad SMARTS) is 1. The Bertz CT molecular complexity index is 578. The summed E-state index contributed by atoms with van der Waals surface area (Å²) in [5.74, 6) is -0.920. The van der Waals surface area contributed by atoms with Gasteiger partial charge in [-0.05, 0) is 24.1 Å². The standard InChI is InChI=1S/C16H14N2O2/c17-12-16(10-9-15(19)20,13-6-2-1-3-7-13)14-8-4-5-11-18-14/h1-8,11H,9-10H2,(H,19,20). The van der Waals surface area contributed by atoms with Crippen molar-refractivity contribution in [3.8, 4) is 6.07 Å². The lowest BCUT2D eigenvalue weighted by atomic mass is 9.75. The van der Waals surface area contributed by atoms with Gasteiger partial charge in [0.1, 0.15) is 5.41 Å². The van der Waals surface area contributed by atoms with Gasteiger partial charge in [-0.2, -0.15) is 5.26 Å². The van der Waals surface area contributed by atoms with Crippen LogP contribution in [0.5, 0.6) is 0 Å². The van der Waals surface area contributed by atoms with Crippen LogP contribution >= 0.6 is 0 Å². The third-order valence-electron chi connectivity index (χ3n) is 3.27. The number of carboxylic acids is 1. The zero-order chi connectivity index (χ0) is 14.4. The molecule has 1 aromatic carbocycles. The van der Waals surface area contributed by atoms with E-state index in [0.29, 0.717) is 5.69 Å². The maximum absolute atomic E-state index is 10.9. The van der Waals surface area contributed by atoms with Gasteiger partial charge >= 0.3 is 5.97 Å². The van der Waals surface area contributed by atoms with Crippen LogP contribution in [0.3, 0.4) is 0 Å².